The summed E-state index contributed by atoms with van der Waals surface area (Å²) in [5.41, 5.74) is 8.72. The van der Waals surface area contributed by atoms with Crippen LogP contribution in [0.25, 0.3) is 6.08 Å². The maximum Gasteiger partial charge on any atom is 0.282 e. The van der Waals surface area contributed by atoms with E-state index in [1.807, 2.05) is 30.3 Å². The van der Waals surface area contributed by atoms with Crippen LogP contribution >= 0.6 is 0 Å². The van der Waals surface area contributed by atoms with Crippen LogP contribution < -0.4 is 16.0 Å². The second-order valence-electron chi connectivity index (χ2n) is 7.69. The van der Waals surface area contributed by atoms with Crippen molar-refractivity contribution in [1.29, 1.82) is 0 Å². The Morgan fingerprint density at radius 1 is 1.06 bits per heavy atom. The van der Waals surface area contributed by atoms with Gasteiger partial charge in [-0.05, 0) is 43.2 Å². The number of amides is 2. The van der Waals surface area contributed by atoms with Crippen molar-refractivity contribution in [2.75, 3.05) is 10.2 Å². The number of nitrogens with one attached hydrogen (secondary N) is 1. The van der Waals surface area contributed by atoms with Crippen LogP contribution in [0.5, 0.6) is 5.75 Å². The van der Waals surface area contributed by atoms with Crippen LogP contribution in [-0.2, 0) is 16.0 Å². The van der Waals surface area contributed by atoms with Crippen LogP contribution in [0.4, 0.5) is 11.4 Å². The largest absolute Gasteiger partial charge is 0.507 e. The Bertz CT molecular complexity index is 1250. The highest BCUT2D eigenvalue weighted by Gasteiger charge is 2.31. The zero-order valence-electron chi connectivity index (χ0n) is 18.1. The summed E-state index contributed by atoms with van der Waals surface area (Å²) in [5.74, 6) is -0.190. The second kappa shape index (κ2) is 9.50. The van der Waals surface area contributed by atoms with E-state index in [1.165, 1.54) is 11.0 Å². The molecule has 3 aromatic rings. The predicted octanol–water partition coefficient (Wildman–Crippen LogP) is 3.71. The molecule has 0 aliphatic carbocycles. The summed E-state index contributed by atoms with van der Waals surface area (Å²) in [6.45, 7) is 1.71. The molecule has 0 fully saturated rings. The number of para-hydroxylation sites is 3. The van der Waals surface area contributed by atoms with E-state index in [1.54, 1.807) is 55.5 Å². The molecule has 4 N–H and O–H groups in total. The number of aliphatic imine (C=N–C) groups is 1. The van der Waals surface area contributed by atoms with Gasteiger partial charge >= 0.3 is 0 Å². The van der Waals surface area contributed by atoms with E-state index in [-0.39, 0.29) is 23.3 Å². The second-order valence-corrected chi connectivity index (χ2v) is 7.69. The lowest BCUT2D eigenvalue weighted by Crippen LogP contribution is -2.38. The Balaban J connectivity index is 1.56. The molecule has 1 atom stereocenters. The standard InChI is InChI=1S/C26H24N4O3/c1-17-28-22(16-19-11-5-8-14-24(19)31)26(33)30(17)23-13-7-6-12-21(23)29-25(32)20(27)15-18-9-3-2-4-10-18/h2-14,16,20,31H,15,27H2,1H3,(H,29,32)/b22-16-. The average molecular weight is 441 g/mol. The summed E-state index contributed by atoms with van der Waals surface area (Å²) in [6, 6.07) is 22.5. The van der Waals surface area contributed by atoms with Crippen molar-refractivity contribution < 1.29 is 14.7 Å². The number of phenols is 1. The molecule has 4 rings (SSSR count). The summed E-state index contributed by atoms with van der Waals surface area (Å²) < 4.78 is 0. The van der Waals surface area contributed by atoms with E-state index in [4.69, 9.17) is 5.73 Å². The van der Waals surface area contributed by atoms with Crippen molar-refractivity contribution in [3.05, 3.63) is 95.7 Å². The molecule has 3 aromatic carbocycles. The Hall–Kier alpha value is -4.23. The topological polar surface area (TPSA) is 108 Å². The maximum absolute atomic E-state index is 13.2. The van der Waals surface area contributed by atoms with Gasteiger partial charge in [0.2, 0.25) is 5.91 Å². The molecular formula is C26H24N4O3. The monoisotopic (exact) mass is 440 g/mol. The number of hydrogen-bond acceptors (Lipinski definition) is 5. The fourth-order valence-electron chi connectivity index (χ4n) is 3.63. The number of hydrogen-bond donors (Lipinski definition) is 3. The summed E-state index contributed by atoms with van der Waals surface area (Å²) in [5, 5.41) is 12.9. The SMILES string of the molecule is CC1=N/C(=C\c2ccccc2O)C(=O)N1c1ccccc1NC(=O)C(N)Cc1ccccc1. The third-order valence-electron chi connectivity index (χ3n) is 5.30. The van der Waals surface area contributed by atoms with Crippen molar-refractivity contribution in [3.8, 4) is 5.75 Å². The lowest BCUT2D eigenvalue weighted by molar-refractivity contribution is -0.117. The van der Waals surface area contributed by atoms with Crippen LogP contribution in [-0.4, -0.2) is 28.8 Å². The van der Waals surface area contributed by atoms with Gasteiger partial charge in [-0.2, -0.15) is 0 Å². The highest BCUT2D eigenvalue weighted by atomic mass is 16.3. The summed E-state index contributed by atoms with van der Waals surface area (Å²) in [4.78, 5) is 31.8. The number of carbonyl (C=O) groups excluding carboxylic acids is 2. The lowest BCUT2D eigenvalue weighted by atomic mass is 10.1. The minimum atomic E-state index is -0.749. The van der Waals surface area contributed by atoms with Gasteiger partial charge < -0.3 is 16.2 Å². The quantitative estimate of drug-likeness (QED) is 0.508. The van der Waals surface area contributed by atoms with Gasteiger partial charge in [-0.15, -0.1) is 0 Å². The number of phenolic OH excluding ortho intramolecular Hbond substituents is 1. The molecule has 0 saturated heterocycles. The molecule has 166 valence electrons. The zero-order chi connectivity index (χ0) is 23.4. The first-order valence-electron chi connectivity index (χ1n) is 10.5. The fraction of sp³-hybridized carbons (Fsp3) is 0.115. The van der Waals surface area contributed by atoms with E-state index in [9.17, 15) is 14.7 Å². The number of aromatic hydroxyl groups is 1. The molecule has 0 saturated carbocycles. The molecule has 2 amide bonds. The molecule has 1 heterocycles. The number of rotatable bonds is 6. The van der Waals surface area contributed by atoms with Crippen molar-refractivity contribution >= 4 is 35.1 Å². The molecule has 0 spiro atoms. The Kier molecular flexibility index (Phi) is 6.33. The first-order chi connectivity index (χ1) is 15.9. The Morgan fingerprint density at radius 2 is 1.73 bits per heavy atom. The molecule has 1 aliphatic rings. The number of nitrogens with zero attached hydrogens (tertiary/aromatic N) is 2. The fourth-order valence-corrected chi connectivity index (χ4v) is 3.63. The van der Waals surface area contributed by atoms with Crippen LogP contribution in [0.1, 0.15) is 18.1 Å². The van der Waals surface area contributed by atoms with Gasteiger partial charge in [0.05, 0.1) is 17.4 Å². The molecule has 33 heavy (non-hydrogen) atoms. The van der Waals surface area contributed by atoms with Crippen LogP contribution in [0.2, 0.25) is 0 Å². The summed E-state index contributed by atoms with van der Waals surface area (Å²) in [7, 11) is 0. The molecule has 1 unspecified atom stereocenters. The molecule has 0 bridgehead atoms. The Labute approximate surface area is 191 Å². The van der Waals surface area contributed by atoms with Gasteiger partial charge in [-0.1, -0.05) is 60.7 Å². The first kappa shape index (κ1) is 22.0. The van der Waals surface area contributed by atoms with Crippen molar-refractivity contribution in [2.45, 2.75) is 19.4 Å². The van der Waals surface area contributed by atoms with Crippen LogP contribution in [0.3, 0.4) is 0 Å². The van der Waals surface area contributed by atoms with E-state index in [0.29, 0.717) is 29.2 Å². The van der Waals surface area contributed by atoms with E-state index >= 15 is 0 Å². The van der Waals surface area contributed by atoms with Crippen LogP contribution in [0, 0.1) is 0 Å². The number of amidine groups is 1. The predicted molar refractivity (Wildman–Crippen MR) is 130 cm³/mol. The van der Waals surface area contributed by atoms with Crippen molar-refractivity contribution in [3.63, 3.8) is 0 Å². The normalized spacial score (nSPS) is 15.5. The molecule has 0 aromatic heterocycles. The third-order valence-corrected chi connectivity index (χ3v) is 5.30. The molecule has 0 radical (unpaired) electrons. The lowest BCUT2D eigenvalue weighted by Gasteiger charge is -2.21. The number of anilines is 2. The van der Waals surface area contributed by atoms with Gasteiger partial charge in [0.15, 0.2) is 0 Å². The minimum absolute atomic E-state index is 0.0594. The van der Waals surface area contributed by atoms with Gasteiger partial charge in [-0.25, -0.2) is 4.99 Å². The van der Waals surface area contributed by atoms with E-state index in [2.05, 4.69) is 10.3 Å². The number of nitrogens with two attached hydrogens (primary N) is 1. The highest BCUT2D eigenvalue weighted by Crippen LogP contribution is 2.32. The average Bonchev–Trinajstić information content (AvgIpc) is 3.09. The Morgan fingerprint density at radius 3 is 2.48 bits per heavy atom. The van der Waals surface area contributed by atoms with Crippen molar-refractivity contribution in [2.24, 2.45) is 10.7 Å². The smallest absolute Gasteiger partial charge is 0.282 e. The van der Waals surface area contributed by atoms with Crippen molar-refractivity contribution in [1.82, 2.24) is 0 Å². The van der Waals surface area contributed by atoms with E-state index in [0.717, 1.165) is 5.56 Å². The van der Waals surface area contributed by atoms with Gasteiger partial charge in [0, 0.05) is 5.56 Å². The van der Waals surface area contributed by atoms with Gasteiger partial charge in [0.25, 0.3) is 5.91 Å². The third kappa shape index (κ3) is 4.83. The van der Waals surface area contributed by atoms with Gasteiger partial charge in [-0.3, -0.25) is 14.5 Å². The maximum atomic E-state index is 13.2. The number of benzene rings is 3. The molecule has 1 aliphatic heterocycles. The minimum Gasteiger partial charge on any atom is -0.507 e. The zero-order valence-corrected chi connectivity index (χ0v) is 18.1. The van der Waals surface area contributed by atoms with E-state index < -0.39 is 6.04 Å². The molecule has 7 nitrogen and oxygen atoms in total. The van der Waals surface area contributed by atoms with Gasteiger partial charge in [0.1, 0.15) is 17.3 Å². The summed E-state index contributed by atoms with van der Waals surface area (Å²) in [6.07, 6.45) is 1.93. The first-order valence-corrected chi connectivity index (χ1v) is 10.5. The number of carbonyl (C=O) groups is 2. The molecule has 7 heteroatoms. The highest BCUT2D eigenvalue weighted by molar-refractivity contribution is 6.29. The van der Waals surface area contributed by atoms with Crippen LogP contribution in [0.15, 0.2) is 89.6 Å². The summed E-state index contributed by atoms with van der Waals surface area (Å²) >= 11 is 0. The molecular weight excluding hydrogens is 416 g/mol.